The first-order valence-corrected chi connectivity index (χ1v) is 14.1. The monoisotopic (exact) mass is 474 g/mol. The fraction of sp³-hybridized carbons (Fsp3) is 0.739. The molecule has 3 rings (SSSR count). The topological polar surface area (TPSA) is 77.4 Å². The minimum absolute atomic E-state index is 0.244. The Balaban J connectivity index is 0.000000221. The molecular formula is C23H40O6P2. The van der Waals surface area contributed by atoms with Crippen LogP contribution in [-0.2, 0) is 13.6 Å². The minimum atomic E-state index is -1.77. The summed E-state index contributed by atoms with van der Waals surface area (Å²) in [6.07, 6.45) is 15.6. The Morgan fingerprint density at radius 3 is 1.84 bits per heavy atom. The summed E-state index contributed by atoms with van der Waals surface area (Å²) < 4.78 is 21.5. The van der Waals surface area contributed by atoms with Crippen LogP contribution in [0.5, 0.6) is 5.75 Å². The maximum absolute atomic E-state index is 9.77. The van der Waals surface area contributed by atoms with Crippen molar-refractivity contribution in [3.8, 4) is 5.75 Å². The number of hydrogen-bond acceptors (Lipinski definition) is 6. The van der Waals surface area contributed by atoms with Crippen LogP contribution in [0.1, 0.15) is 90.4 Å². The van der Waals surface area contributed by atoms with Crippen LogP contribution in [0.3, 0.4) is 0 Å². The Labute approximate surface area is 190 Å². The van der Waals surface area contributed by atoms with Crippen molar-refractivity contribution in [3.05, 3.63) is 30.3 Å². The fourth-order valence-corrected chi connectivity index (χ4v) is 5.34. The summed E-state index contributed by atoms with van der Waals surface area (Å²) in [5, 5.41) is 0. The van der Waals surface area contributed by atoms with E-state index in [0.717, 1.165) is 44.9 Å². The summed E-state index contributed by atoms with van der Waals surface area (Å²) in [4.78, 5) is 19.2. The summed E-state index contributed by atoms with van der Waals surface area (Å²) in [5.74, 6) is 0.640. The highest BCUT2D eigenvalue weighted by atomic mass is 31.2. The van der Waals surface area contributed by atoms with Crippen molar-refractivity contribution < 1.29 is 27.9 Å². The maximum atomic E-state index is 9.77. The Hall–Kier alpha value is -0.320. The predicted octanol–water partition coefficient (Wildman–Crippen LogP) is 7.40. The normalized spacial score (nSPS) is 19.0. The van der Waals surface area contributed by atoms with E-state index in [1.807, 2.05) is 18.2 Å². The highest BCUT2D eigenvalue weighted by Crippen LogP contribution is 2.42. The second kappa shape index (κ2) is 17.2. The molecule has 0 saturated heterocycles. The van der Waals surface area contributed by atoms with Crippen LogP contribution in [0, 0.1) is 0 Å². The molecule has 6 nitrogen and oxygen atoms in total. The first-order valence-electron chi connectivity index (χ1n) is 11.8. The highest BCUT2D eigenvalue weighted by Gasteiger charge is 2.23. The van der Waals surface area contributed by atoms with E-state index in [1.54, 1.807) is 12.1 Å². The molecule has 0 heterocycles. The molecule has 178 valence electrons. The van der Waals surface area contributed by atoms with Crippen molar-refractivity contribution in [2.24, 2.45) is 0 Å². The van der Waals surface area contributed by atoms with E-state index >= 15 is 0 Å². The van der Waals surface area contributed by atoms with Gasteiger partial charge in [0.1, 0.15) is 5.75 Å². The van der Waals surface area contributed by atoms with Crippen molar-refractivity contribution in [3.63, 3.8) is 0 Å². The SMILES string of the molecule is CCCCCOP(O)Oc1ccccc1.OP(OC1CCCCC1)OC1CCCCC1. The first kappa shape index (κ1) is 26.9. The lowest BCUT2D eigenvalue weighted by molar-refractivity contribution is 0.0770. The Kier molecular flexibility index (Phi) is 14.9. The smallest absolute Gasteiger partial charge is 0.394 e. The maximum Gasteiger partial charge on any atom is 0.394 e. The zero-order valence-corrected chi connectivity index (χ0v) is 20.7. The molecule has 1 aromatic carbocycles. The highest BCUT2D eigenvalue weighted by molar-refractivity contribution is 7.41. The molecule has 2 fully saturated rings. The first-order chi connectivity index (χ1) is 15.2. The molecule has 0 bridgehead atoms. The Morgan fingerprint density at radius 1 is 0.774 bits per heavy atom. The third-order valence-electron chi connectivity index (χ3n) is 5.46. The average molecular weight is 475 g/mol. The molecule has 2 aliphatic carbocycles. The van der Waals surface area contributed by atoms with E-state index in [1.165, 1.54) is 38.5 Å². The van der Waals surface area contributed by atoms with Crippen LogP contribution in [0.2, 0.25) is 0 Å². The second-order valence-electron chi connectivity index (χ2n) is 8.15. The lowest BCUT2D eigenvalue weighted by Crippen LogP contribution is -2.18. The predicted molar refractivity (Wildman–Crippen MR) is 127 cm³/mol. The van der Waals surface area contributed by atoms with Crippen LogP contribution in [0.4, 0.5) is 0 Å². The quantitative estimate of drug-likeness (QED) is 0.257. The van der Waals surface area contributed by atoms with E-state index < -0.39 is 17.2 Å². The number of rotatable bonds is 11. The average Bonchev–Trinajstić information content (AvgIpc) is 2.79. The molecular weight excluding hydrogens is 434 g/mol. The van der Waals surface area contributed by atoms with E-state index in [9.17, 15) is 9.79 Å². The van der Waals surface area contributed by atoms with Gasteiger partial charge in [0, 0.05) is 0 Å². The molecule has 0 aromatic heterocycles. The van der Waals surface area contributed by atoms with Gasteiger partial charge >= 0.3 is 17.2 Å². The van der Waals surface area contributed by atoms with Crippen LogP contribution in [-0.4, -0.2) is 28.6 Å². The zero-order chi connectivity index (χ0) is 22.2. The van der Waals surface area contributed by atoms with E-state index in [-0.39, 0.29) is 12.2 Å². The van der Waals surface area contributed by atoms with E-state index in [0.29, 0.717) is 12.4 Å². The standard InChI is InChI=1S/C12H23O3P.C11H17O3P/c13-16(14-11-7-3-1-4-8-11)15-12-9-5-2-6-10-12;1-2-3-7-10-13-15(12)14-11-8-5-4-6-9-11/h11-13H,1-10H2;4-6,8-9,12H,2-3,7,10H2,1H3. The zero-order valence-electron chi connectivity index (χ0n) is 18.9. The lowest BCUT2D eigenvalue weighted by atomic mass is 9.98. The Bertz CT molecular complexity index is 518. The van der Waals surface area contributed by atoms with Crippen molar-refractivity contribution in [2.75, 3.05) is 6.61 Å². The fourth-order valence-electron chi connectivity index (χ4n) is 3.71. The van der Waals surface area contributed by atoms with Gasteiger partial charge in [-0.05, 0) is 44.2 Å². The van der Waals surface area contributed by atoms with E-state index in [4.69, 9.17) is 18.1 Å². The van der Waals surface area contributed by atoms with Gasteiger partial charge in [-0.15, -0.1) is 0 Å². The molecule has 2 saturated carbocycles. The van der Waals surface area contributed by atoms with Crippen LogP contribution < -0.4 is 4.52 Å². The largest absolute Gasteiger partial charge is 0.427 e. The minimum Gasteiger partial charge on any atom is -0.427 e. The molecule has 2 aliphatic rings. The van der Waals surface area contributed by atoms with Gasteiger partial charge in [0.25, 0.3) is 0 Å². The summed E-state index contributed by atoms with van der Waals surface area (Å²) in [6, 6.07) is 9.20. The summed E-state index contributed by atoms with van der Waals surface area (Å²) >= 11 is 0. The van der Waals surface area contributed by atoms with Crippen molar-refractivity contribution >= 4 is 17.2 Å². The molecule has 2 N–H and O–H groups in total. The number of unbranched alkanes of at least 4 members (excludes halogenated alkanes) is 2. The molecule has 0 radical (unpaired) electrons. The van der Waals surface area contributed by atoms with E-state index in [2.05, 4.69) is 6.92 Å². The molecule has 1 aromatic rings. The van der Waals surface area contributed by atoms with Gasteiger partial charge in [0.05, 0.1) is 18.8 Å². The third-order valence-corrected chi connectivity index (χ3v) is 7.19. The summed E-state index contributed by atoms with van der Waals surface area (Å²) in [6.45, 7) is 2.69. The summed E-state index contributed by atoms with van der Waals surface area (Å²) in [5.41, 5.74) is 0. The number of benzene rings is 1. The molecule has 1 atom stereocenters. The Morgan fingerprint density at radius 2 is 1.32 bits per heavy atom. The van der Waals surface area contributed by atoms with Gasteiger partial charge in [0.15, 0.2) is 0 Å². The van der Waals surface area contributed by atoms with Gasteiger partial charge < -0.3 is 27.9 Å². The lowest BCUT2D eigenvalue weighted by Gasteiger charge is -2.27. The number of para-hydroxylation sites is 1. The van der Waals surface area contributed by atoms with Crippen molar-refractivity contribution in [1.29, 1.82) is 0 Å². The van der Waals surface area contributed by atoms with Gasteiger partial charge in [-0.25, -0.2) is 0 Å². The van der Waals surface area contributed by atoms with Gasteiger partial charge in [-0.2, -0.15) is 0 Å². The molecule has 0 aliphatic heterocycles. The second-order valence-corrected chi connectivity index (χ2v) is 9.96. The number of hydrogen-bond donors (Lipinski definition) is 2. The van der Waals surface area contributed by atoms with Crippen LogP contribution in [0.25, 0.3) is 0 Å². The molecule has 8 heteroatoms. The van der Waals surface area contributed by atoms with Gasteiger partial charge in [-0.1, -0.05) is 76.5 Å². The molecule has 31 heavy (non-hydrogen) atoms. The van der Waals surface area contributed by atoms with Crippen LogP contribution in [0.15, 0.2) is 30.3 Å². The van der Waals surface area contributed by atoms with Crippen molar-refractivity contribution in [2.45, 2.75) is 103 Å². The summed E-state index contributed by atoms with van der Waals surface area (Å²) in [7, 11) is -3.40. The van der Waals surface area contributed by atoms with Crippen molar-refractivity contribution in [1.82, 2.24) is 0 Å². The molecule has 0 spiro atoms. The van der Waals surface area contributed by atoms with Gasteiger partial charge in [-0.3, -0.25) is 0 Å². The third kappa shape index (κ3) is 13.1. The van der Waals surface area contributed by atoms with Gasteiger partial charge in [0.2, 0.25) is 0 Å². The molecule has 0 amide bonds. The van der Waals surface area contributed by atoms with Crippen LogP contribution >= 0.6 is 17.2 Å². The molecule has 1 unspecified atom stereocenters.